The number of carbonyl (C=O) groups excluding carboxylic acids is 2. The molecule has 3 aromatic carbocycles. The van der Waals surface area contributed by atoms with Gasteiger partial charge in [0, 0.05) is 11.1 Å². The van der Waals surface area contributed by atoms with Crippen molar-refractivity contribution in [3.05, 3.63) is 89.7 Å². The van der Waals surface area contributed by atoms with Crippen molar-refractivity contribution >= 4 is 22.8 Å². The summed E-state index contributed by atoms with van der Waals surface area (Å²) in [5, 5.41) is 2.94. The van der Waals surface area contributed by atoms with E-state index in [2.05, 4.69) is 15.3 Å². The van der Waals surface area contributed by atoms with Crippen molar-refractivity contribution in [3.8, 4) is 11.5 Å². The van der Waals surface area contributed by atoms with Crippen LogP contribution >= 0.6 is 0 Å². The first-order valence-electron chi connectivity index (χ1n) is 9.43. The van der Waals surface area contributed by atoms with Gasteiger partial charge in [-0.2, -0.15) is 0 Å². The van der Waals surface area contributed by atoms with E-state index in [1.54, 1.807) is 48.5 Å². The summed E-state index contributed by atoms with van der Waals surface area (Å²) in [5.41, 5.74) is 7.94. The molecule has 0 saturated heterocycles. The summed E-state index contributed by atoms with van der Waals surface area (Å²) in [5.74, 6) is 1.14. The van der Waals surface area contributed by atoms with E-state index in [4.69, 9.17) is 10.5 Å². The fraction of sp³-hybridized carbons (Fsp3) is 0.0870. The topological polar surface area (TPSA) is 110 Å². The third kappa shape index (κ3) is 4.15. The Balaban J connectivity index is 1.40. The molecule has 4 rings (SSSR count). The van der Waals surface area contributed by atoms with Crippen molar-refractivity contribution in [3.63, 3.8) is 0 Å². The smallest absolute Gasteiger partial charge is 0.251 e. The number of imidazole rings is 1. The highest BCUT2D eigenvalue weighted by Crippen LogP contribution is 2.22. The number of hydrogen-bond acceptors (Lipinski definition) is 4. The molecule has 1 unspecified atom stereocenters. The number of nitrogens with two attached hydrogens (primary N) is 1. The normalized spacial score (nSPS) is 11.8. The number of H-pyrrole nitrogens is 1. The summed E-state index contributed by atoms with van der Waals surface area (Å²) >= 11 is 0. The number of aromatic nitrogens is 2. The molecule has 150 valence electrons. The molecule has 0 spiro atoms. The molecule has 0 aliphatic heterocycles. The first kappa shape index (κ1) is 19.2. The number of para-hydroxylation sites is 2. The molecular weight excluding hydrogens is 380 g/mol. The Hall–Kier alpha value is -4.13. The highest BCUT2D eigenvalue weighted by molar-refractivity contribution is 5.94. The lowest BCUT2D eigenvalue weighted by Crippen LogP contribution is -2.27. The number of amides is 2. The number of rotatable bonds is 6. The predicted molar refractivity (Wildman–Crippen MR) is 113 cm³/mol. The lowest BCUT2D eigenvalue weighted by atomic mass is 10.2. The predicted octanol–water partition coefficient (Wildman–Crippen LogP) is 3.95. The Kier molecular flexibility index (Phi) is 5.17. The summed E-state index contributed by atoms with van der Waals surface area (Å²) < 4.78 is 5.73. The molecule has 4 N–H and O–H groups in total. The van der Waals surface area contributed by atoms with Crippen molar-refractivity contribution in [1.82, 2.24) is 15.3 Å². The van der Waals surface area contributed by atoms with Crippen LogP contribution < -0.4 is 15.8 Å². The molecule has 4 aromatic rings. The minimum atomic E-state index is -0.492. The van der Waals surface area contributed by atoms with E-state index in [-0.39, 0.29) is 11.9 Å². The lowest BCUT2D eigenvalue weighted by Gasteiger charge is -2.12. The van der Waals surface area contributed by atoms with Gasteiger partial charge in [-0.05, 0) is 67.6 Å². The number of carbonyl (C=O) groups is 2. The quantitative estimate of drug-likeness (QED) is 0.455. The molecule has 30 heavy (non-hydrogen) atoms. The van der Waals surface area contributed by atoms with Crippen LogP contribution in [0.15, 0.2) is 72.8 Å². The molecule has 0 saturated carbocycles. The van der Waals surface area contributed by atoms with E-state index < -0.39 is 5.91 Å². The molecule has 0 fully saturated rings. The molecule has 1 atom stereocenters. The maximum Gasteiger partial charge on any atom is 0.251 e. The zero-order valence-corrected chi connectivity index (χ0v) is 16.3. The Bertz CT molecular complexity index is 1160. The SMILES string of the molecule is CC(NC(=O)c1ccc(Oc2ccc(C(N)=O)cc2)cc1)c1nc2ccccc2[nH]1. The number of primary amides is 1. The largest absolute Gasteiger partial charge is 0.457 e. The summed E-state index contributed by atoms with van der Waals surface area (Å²) in [6.07, 6.45) is 0. The maximum absolute atomic E-state index is 12.6. The van der Waals surface area contributed by atoms with Crippen LogP contribution in [0, 0.1) is 0 Å². The van der Waals surface area contributed by atoms with Gasteiger partial charge >= 0.3 is 0 Å². The number of nitrogens with zero attached hydrogens (tertiary/aromatic N) is 1. The third-order valence-corrected chi connectivity index (χ3v) is 4.66. The molecule has 1 aromatic heterocycles. The maximum atomic E-state index is 12.6. The second-order valence-corrected chi connectivity index (χ2v) is 6.85. The fourth-order valence-corrected chi connectivity index (χ4v) is 3.02. The molecule has 2 amide bonds. The summed E-state index contributed by atoms with van der Waals surface area (Å²) in [6, 6.07) is 20.8. The standard InChI is InChI=1S/C23H20N4O3/c1-14(22-26-19-4-2-3-5-20(19)27-22)25-23(29)16-8-12-18(13-9-16)30-17-10-6-15(7-11-17)21(24)28/h2-14H,1H3,(H2,24,28)(H,25,29)(H,26,27). The van der Waals surface area contributed by atoms with Crippen LogP contribution in [0.1, 0.15) is 39.5 Å². The van der Waals surface area contributed by atoms with Gasteiger partial charge in [-0.1, -0.05) is 12.1 Å². The van der Waals surface area contributed by atoms with Gasteiger partial charge in [0.25, 0.3) is 5.91 Å². The van der Waals surface area contributed by atoms with E-state index in [0.29, 0.717) is 28.5 Å². The van der Waals surface area contributed by atoms with Gasteiger partial charge in [-0.3, -0.25) is 9.59 Å². The van der Waals surface area contributed by atoms with Crippen LogP contribution in [-0.4, -0.2) is 21.8 Å². The third-order valence-electron chi connectivity index (χ3n) is 4.66. The minimum Gasteiger partial charge on any atom is -0.457 e. The zero-order chi connectivity index (χ0) is 21.1. The van der Waals surface area contributed by atoms with Gasteiger partial charge in [-0.15, -0.1) is 0 Å². The first-order valence-corrected chi connectivity index (χ1v) is 9.43. The molecular formula is C23H20N4O3. The average molecular weight is 400 g/mol. The Morgan fingerprint density at radius 3 is 2.13 bits per heavy atom. The Morgan fingerprint density at radius 2 is 1.53 bits per heavy atom. The van der Waals surface area contributed by atoms with E-state index in [0.717, 1.165) is 11.0 Å². The summed E-state index contributed by atoms with van der Waals surface area (Å²) in [4.78, 5) is 31.4. The molecule has 7 heteroatoms. The monoisotopic (exact) mass is 400 g/mol. The molecule has 1 heterocycles. The Labute approximate surface area is 172 Å². The van der Waals surface area contributed by atoms with Gasteiger partial charge in [0.1, 0.15) is 17.3 Å². The van der Waals surface area contributed by atoms with Crippen LogP contribution in [0.25, 0.3) is 11.0 Å². The van der Waals surface area contributed by atoms with Crippen molar-refractivity contribution in [2.24, 2.45) is 5.73 Å². The van der Waals surface area contributed by atoms with Gasteiger partial charge in [0.05, 0.1) is 17.1 Å². The average Bonchev–Trinajstić information content (AvgIpc) is 3.19. The van der Waals surface area contributed by atoms with Crippen molar-refractivity contribution in [2.75, 3.05) is 0 Å². The number of fused-ring (bicyclic) bond motifs is 1. The molecule has 0 aliphatic carbocycles. The van der Waals surface area contributed by atoms with Gasteiger partial charge in [0.2, 0.25) is 5.91 Å². The van der Waals surface area contributed by atoms with Crippen molar-refractivity contribution in [1.29, 1.82) is 0 Å². The highest BCUT2D eigenvalue weighted by Gasteiger charge is 2.15. The fourth-order valence-electron chi connectivity index (χ4n) is 3.02. The summed E-state index contributed by atoms with van der Waals surface area (Å²) in [6.45, 7) is 1.88. The van der Waals surface area contributed by atoms with Gasteiger partial charge < -0.3 is 20.8 Å². The van der Waals surface area contributed by atoms with Crippen molar-refractivity contribution in [2.45, 2.75) is 13.0 Å². The van der Waals surface area contributed by atoms with Crippen LogP contribution in [-0.2, 0) is 0 Å². The van der Waals surface area contributed by atoms with E-state index >= 15 is 0 Å². The molecule has 7 nitrogen and oxygen atoms in total. The van der Waals surface area contributed by atoms with Gasteiger partial charge in [0.15, 0.2) is 0 Å². The minimum absolute atomic E-state index is 0.208. The van der Waals surface area contributed by atoms with E-state index in [1.807, 2.05) is 31.2 Å². The van der Waals surface area contributed by atoms with Gasteiger partial charge in [-0.25, -0.2) is 4.98 Å². The summed E-state index contributed by atoms with van der Waals surface area (Å²) in [7, 11) is 0. The number of nitrogens with one attached hydrogen (secondary N) is 2. The second kappa shape index (κ2) is 8.08. The van der Waals surface area contributed by atoms with E-state index in [9.17, 15) is 9.59 Å². The van der Waals surface area contributed by atoms with Crippen LogP contribution in [0.4, 0.5) is 0 Å². The lowest BCUT2D eigenvalue weighted by molar-refractivity contribution is 0.0937. The number of benzene rings is 3. The number of ether oxygens (including phenoxy) is 1. The molecule has 0 radical (unpaired) electrons. The number of hydrogen-bond donors (Lipinski definition) is 3. The number of aromatic amines is 1. The molecule has 0 bridgehead atoms. The Morgan fingerprint density at radius 1 is 0.933 bits per heavy atom. The van der Waals surface area contributed by atoms with Crippen LogP contribution in [0.2, 0.25) is 0 Å². The second-order valence-electron chi connectivity index (χ2n) is 6.85. The van der Waals surface area contributed by atoms with E-state index in [1.165, 1.54) is 0 Å². The zero-order valence-electron chi connectivity index (χ0n) is 16.3. The van der Waals surface area contributed by atoms with Crippen molar-refractivity contribution < 1.29 is 14.3 Å². The molecule has 0 aliphatic rings. The van der Waals surface area contributed by atoms with Crippen LogP contribution in [0.5, 0.6) is 11.5 Å². The highest BCUT2D eigenvalue weighted by atomic mass is 16.5. The first-order chi connectivity index (χ1) is 14.5. The van der Waals surface area contributed by atoms with Crippen LogP contribution in [0.3, 0.4) is 0 Å².